The number of hydrogen-bond donors (Lipinski definition) is 1. The molecule has 2 aromatic rings. The largest absolute Gasteiger partial charge is 0.348 e. The monoisotopic (exact) mass is 155 g/mol. The predicted molar refractivity (Wildman–Crippen MR) is 40.9 cm³/mol. The van der Waals surface area contributed by atoms with Crippen molar-refractivity contribution < 1.29 is 4.39 Å². The number of aryl methyl sites for hydroxylation is 1. The molecule has 10 heavy (non-hydrogen) atoms. The van der Waals surface area contributed by atoms with Crippen LogP contribution in [0.4, 0.5) is 4.39 Å². The molecule has 0 atom stereocenters. The Bertz CT molecular complexity index is 360. The molecule has 0 aliphatic heterocycles. The van der Waals surface area contributed by atoms with E-state index in [4.69, 9.17) is 0 Å². The second kappa shape index (κ2) is 1.83. The van der Waals surface area contributed by atoms with Gasteiger partial charge in [0, 0.05) is 11.1 Å². The Labute approximate surface area is 61.5 Å². The van der Waals surface area contributed by atoms with Gasteiger partial charge in [0.1, 0.15) is 4.83 Å². The van der Waals surface area contributed by atoms with Crippen LogP contribution in [0.3, 0.4) is 0 Å². The van der Waals surface area contributed by atoms with E-state index in [-0.39, 0.29) is 5.82 Å². The van der Waals surface area contributed by atoms with Gasteiger partial charge in [-0.1, -0.05) is 0 Å². The molecule has 0 unspecified atom stereocenters. The van der Waals surface area contributed by atoms with E-state index in [1.165, 1.54) is 11.3 Å². The second-order valence-corrected chi connectivity index (χ2v) is 3.14. The highest BCUT2D eigenvalue weighted by molar-refractivity contribution is 7.16. The quantitative estimate of drug-likeness (QED) is 0.602. The third-order valence-electron chi connectivity index (χ3n) is 1.53. The summed E-state index contributed by atoms with van der Waals surface area (Å²) in [7, 11) is 0. The van der Waals surface area contributed by atoms with Gasteiger partial charge in [-0.3, -0.25) is 0 Å². The van der Waals surface area contributed by atoms with Gasteiger partial charge >= 0.3 is 0 Å². The summed E-state index contributed by atoms with van der Waals surface area (Å²) in [6.07, 6.45) is 0. The SMILES string of the molecule is Cc1[nH]c2sccc2c1F. The number of H-pyrrole nitrogens is 1. The molecular formula is C7H6FNS. The average molecular weight is 155 g/mol. The van der Waals surface area contributed by atoms with E-state index in [1.54, 1.807) is 13.0 Å². The third-order valence-corrected chi connectivity index (χ3v) is 2.36. The first kappa shape index (κ1) is 5.92. The highest BCUT2D eigenvalue weighted by Gasteiger charge is 2.06. The number of halogens is 1. The fourth-order valence-corrected chi connectivity index (χ4v) is 1.84. The van der Waals surface area contributed by atoms with Crippen LogP contribution in [0.1, 0.15) is 5.69 Å². The number of aromatic nitrogens is 1. The number of thiophene rings is 1. The zero-order chi connectivity index (χ0) is 7.14. The summed E-state index contributed by atoms with van der Waals surface area (Å²) in [6.45, 7) is 1.74. The maximum absolute atomic E-state index is 13.0. The highest BCUT2D eigenvalue weighted by atomic mass is 32.1. The molecule has 0 aliphatic carbocycles. The van der Waals surface area contributed by atoms with Crippen LogP contribution in [0.5, 0.6) is 0 Å². The Morgan fingerprint density at radius 2 is 2.40 bits per heavy atom. The minimum absolute atomic E-state index is 0.115. The van der Waals surface area contributed by atoms with Crippen molar-refractivity contribution in [3.05, 3.63) is 23.0 Å². The second-order valence-electron chi connectivity index (χ2n) is 2.23. The molecule has 2 heterocycles. The highest BCUT2D eigenvalue weighted by Crippen LogP contribution is 2.24. The van der Waals surface area contributed by atoms with Gasteiger partial charge < -0.3 is 4.98 Å². The number of nitrogens with one attached hydrogen (secondary N) is 1. The lowest BCUT2D eigenvalue weighted by Crippen LogP contribution is -1.72. The molecule has 2 rings (SSSR count). The van der Waals surface area contributed by atoms with Crippen LogP contribution in [0, 0.1) is 12.7 Å². The van der Waals surface area contributed by atoms with Crippen molar-refractivity contribution in [2.24, 2.45) is 0 Å². The van der Waals surface area contributed by atoms with Gasteiger partial charge in [0.25, 0.3) is 0 Å². The standard InChI is InChI=1S/C7H6FNS/c1-4-6(8)5-2-3-10-7(5)9-4/h2-3,9H,1H3. The number of fused-ring (bicyclic) bond motifs is 1. The van der Waals surface area contributed by atoms with Gasteiger partial charge in [-0.15, -0.1) is 11.3 Å². The normalized spacial score (nSPS) is 11.0. The van der Waals surface area contributed by atoms with Crippen LogP contribution in [-0.2, 0) is 0 Å². The molecule has 0 saturated heterocycles. The molecule has 3 heteroatoms. The molecule has 0 aliphatic rings. The van der Waals surface area contributed by atoms with Crippen LogP contribution >= 0.6 is 11.3 Å². The Kier molecular flexibility index (Phi) is 1.08. The number of rotatable bonds is 0. The van der Waals surface area contributed by atoms with Crippen LogP contribution < -0.4 is 0 Å². The van der Waals surface area contributed by atoms with Gasteiger partial charge in [-0.2, -0.15) is 0 Å². The fourth-order valence-electron chi connectivity index (χ4n) is 1.01. The van der Waals surface area contributed by atoms with Crippen molar-refractivity contribution in [1.82, 2.24) is 4.98 Å². The van der Waals surface area contributed by atoms with E-state index in [9.17, 15) is 4.39 Å². The molecule has 1 nitrogen and oxygen atoms in total. The van der Waals surface area contributed by atoms with Crippen LogP contribution in [0.25, 0.3) is 10.2 Å². The minimum atomic E-state index is -0.115. The summed E-state index contributed by atoms with van der Waals surface area (Å²) in [6, 6.07) is 1.79. The Hall–Kier alpha value is -0.830. The first-order valence-corrected chi connectivity index (χ1v) is 3.88. The van der Waals surface area contributed by atoms with Crippen molar-refractivity contribution in [2.45, 2.75) is 6.92 Å². The topological polar surface area (TPSA) is 15.8 Å². The Balaban J connectivity index is 2.95. The zero-order valence-corrected chi connectivity index (χ0v) is 6.26. The lowest BCUT2D eigenvalue weighted by Gasteiger charge is -1.80. The van der Waals surface area contributed by atoms with Crippen LogP contribution in [-0.4, -0.2) is 4.98 Å². The van der Waals surface area contributed by atoms with Gasteiger partial charge in [-0.25, -0.2) is 4.39 Å². The summed E-state index contributed by atoms with van der Waals surface area (Å²) in [5.41, 5.74) is 0.627. The molecule has 52 valence electrons. The molecule has 0 amide bonds. The fraction of sp³-hybridized carbons (Fsp3) is 0.143. The van der Waals surface area contributed by atoms with Gasteiger partial charge in [0.05, 0.1) is 0 Å². The van der Waals surface area contributed by atoms with Crippen molar-refractivity contribution >= 4 is 21.6 Å². The summed E-state index contributed by atoms with van der Waals surface area (Å²) in [5, 5.41) is 2.59. The molecular weight excluding hydrogens is 149 g/mol. The lowest BCUT2D eigenvalue weighted by molar-refractivity contribution is 0.629. The molecule has 0 bridgehead atoms. The maximum atomic E-state index is 13.0. The van der Waals surface area contributed by atoms with Crippen molar-refractivity contribution in [1.29, 1.82) is 0 Å². The molecule has 0 aromatic carbocycles. The molecule has 0 saturated carbocycles. The first-order valence-electron chi connectivity index (χ1n) is 3.00. The number of aromatic amines is 1. The number of hydrogen-bond acceptors (Lipinski definition) is 1. The third kappa shape index (κ3) is 0.609. The van der Waals surface area contributed by atoms with E-state index < -0.39 is 0 Å². The maximum Gasteiger partial charge on any atom is 0.152 e. The van der Waals surface area contributed by atoms with E-state index in [0.29, 0.717) is 11.1 Å². The molecule has 1 N–H and O–H groups in total. The Morgan fingerprint density at radius 3 is 3.10 bits per heavy atom. The van der Waals surface area contributed by atoms with Crippen LogP contribution in [0.2, 0.25) is 0 Å². The van der Waals surface area contributed by atoms with E-state index in [0.717, 1.165) is 4.83 Å². The Morgan fingerprint density at radius 1 is 1.60 bits per heavy atom. The van der Waals surface area contributed by atoms with Crippen molar-refractivity contribution in [2.75, 3.05) is 0 Å². The van der Waals surface area contributed by atoms with Crippen molar-refractivity contribution in [3.8, 4) is 0 Å². The van der Waals surface area contributed by atoms with E-state index in [1.807, 2.05) is 5.38 Å². The van der Waals surface area contributed by atoms with Gasteiger partial charge in [-0.05, 0) is 18.4 Å². The molecule has 0 radical (unpaired) electrons. The predicted octanol–water partition coefficient (Wildman–Crippen LogP) is 2.68. The zero-order valence-electron chi connectivity index (χ0n) is 5.44. The van der Waals surface area contributed by atoms with E-state index in [2.05, 4.69) is 4.98 Å². The van der Waals surface area contributed by atoms with Crippen LogP contribution in [0.15, 0.2) is 11.4 Å². The molecule has 0 spiro atoms. The van der Waals surface area contributed by atoms with Gasteiger partial charge in [0.15, 0.2) is 5.82 Å². The smallest absolute Gasteiger partial charge is 0.152 e. The summed E-state index contributed by atoms with van der Waals surface area (Å²) in [4.78, 5) is 3.88. The van der Waals surface area contributed by atoms with E-state index >= 15 is 0 Å². The summed E-state index contributed by atoms with van der Waals surface area (Å²) >= 11 is 1.53. The molecule has 0 fully saturated rings. The first-order chi connectivity index (χ1) is 4.79. The lowest BCUT2D eigenvalue weighted by atomic mass is 10.3. The molecule has 2 aromatic heterocycles. The summed E-state index contributed by atoms with van der Waals surface area (Å²) < 4.78 is 13.0. The summed E-state index contributed by atoms with van der Waals surface area (Å²) in [5.74, 6) is -0.115. The van der Waals surface area contributed by atoms with Crippen molar-refractivity contribution in [3.63, 3.8) is 0 Å². The van der Waals surface area contributed by atoms with Gasteiger partial charge in [0.2, 0.25) is 0 Å². The minimum Gasteiger partial charge on any atom is -0.348 e. The average Bonchev–Trinajstić information content (AvgIpc) is 2.41.